The van der Waals surface area contributed by atoms with E-state index in [1.807, 2.05) is 0 Å². The minimum atomic E-state index is -4.72. The van der Waals surface area contributed by atoms with Gasteiger partial charge in [0.2, 0.25) is 0 Å². The lowest BCUT2D eigenvalue weighted by atomic mass is 9.99. The lowest BCUT2D eigenvalue weighted by Crippen LogP contribution is -2.11. The maximum absolute atomic E-state index is 13.1. The molecule has 0 radical (unpaired) electrons. The fraction of sp³-hybridized carbons (Fsp3) is 0.0714. The molecule has 0 aliphatic carbocycles. The topological polar surface area (TPSA) is 17.1 Å². The summed E-state index contributed by atoms with van der Waals surface area (Å²) >= 11 is 5.14. The molecule has 0 aromatic heterocycles. The summed E-state index contributed by atoms with van der Waals surface area (Å²) in [4.78, 5) is 11.0. The van der Waals surface area contributed by atoms with Crippen LogP contribution < -0.4 is 0 Å². The van der Waals surface area contributed by atoms with E-state index in [4.69, 9.17) is 11.6 Å². The molecule has 0 spiro atoms. The summed E-state index contributed by atoms with van der Waals surface area (Å²) in [6, 6.07) is 8.21. The van der Waals surface area contributed by atoms with E-state index in [9.17, 15) is 22.4 Å². The number of carbonyl (C=O) groups excluding carboxylic acids is 1. The van der Waals surface area contributed by atoms with Crippen molar-refractivity contribution < 1.29 is 22.4 Å². The van der Waals surface area contributed by atoms with Gasteiger partial charge in [0, 0.05) is 5.56 Å². The molecule has 0 amide bonds. The summed E-state index contributed by atoms with van der Waals surface area (Å²) in [6.45, 7) is 0. The highest BCUT2D eigenvalue weighted by Crippen LogP contribution is 2.35. The summed E-state index contributed by atoms with van der Waals surface area (Å²) in [6.07, 6.45) is -4.72. The molecule has 0 aliphatic heterocycles. The van der Waals surface area contributed by atoms with Gasteiger partial charge in [0.15, 0.2) is 0 Å². The second-order valence-corrected chi connectivity index (χ2v) is 4.39. The van der Waals surface area contributed by atoms with Gasteiger partial charge in [-0.25, -0.2) is 4.39 Å². The van der Waals surface area contributed by atoms with Crippen molar-refractivity contribution in [3.63, 3.8) is 0 Å². The Labute approximate surface area is 116 Å². The van der Waals surface area contributed by atoms with E-state index < -0.39 is 28.4 Å². The standard InChI is InChI=1S/C14H7ClF4O/c15-13(20)11-5-4-9(7-12(11)14(17,18)19)8-2-1-3-10(16)6-8/h1-7H. The van der Waals surface area contributed by atoms with Crippen molar-refractivity contribution in [2.24, 2.45) is 0 Å². The van der Waals surface area contributed by atoms with E-state index in [1.165, 1.54) is 24.3 Å². The van der Waals surface area contributed by atoms with Crippen molar-refractivity contribution >= 4 is 16.8 Å². The summed E-state index contributed by atoms with van der Waals surface area (Å²) in [7, 11) is 0. The molecule has 0 heterocycles. The molecule has 104 valence electrons. The van der Waals surface area contributed by atoms with Gasteiger partial charge in [0.1, 0.15) is 5.82 Å². The first-order valence-electron chi connectivity index (χ1n) is 5.46. The Morgan fingerprint density at radius 1 is 1.00 bits per heavy atom. The first-order chi connectivity index (χ1) is 9.29. The molecular weight excluding hydrogens is 296 g/mol. The van der Waals surface area contributed by atoms with Crippen LogP contribution in [0.1, 0.15) is 15.9 Å². The molecule has 0 aliphatic rings. The van der Waals surface area contributed by atoms with Crippen LogP contribution in [0.15, 0.2) is 42.5 Å². The van der Waals surface area contributed by atoms with Crippen molar-refractivity contribution in [1.82, 2.24) is 0 Å². The Morgan fingerprint density at radius 2 is 1.65 bits per heavy atom. The van der Waals surface area contributed by atoms with Gasteiger partial charge in [0.05, 0.1) is 5.56 Å². The summed E-state index contributed by atoms with van der Waals surface area (Å²) in [5.74, 6) is -0.562. The van der Waals surface area contributed by atoms with Crippen molar-refractivity contribution in [1.29, 1.82) is 0 Å². The fourth-order valence-corrected chi connectivity index (χ4v) is 1.96. The number of benzene rings is 2. The van der Waals surface area contributed by atoms with E-state index in [-0.39, 0.29) is 11.1 Å². The fourth-order valence-electron chi connectivity index (χ4n) is 1.80. The normalized spacial score (nSPS) is 11.4. The third kappa shape index (κ3) is 2.99. The quantitative estimate of drug-likeness (QED) is 0.570. The second kappa shape index (κ2) is 5.25. The molecular formula is C14H7ClF4O. The Hall–Kier alpha value is -1.88. The second-order valence-electron chi connectivity index (χ2n) is 4.04. The Morgan fingerprint density at radius 3 is 2.20 bits per heavy atom. The highest BCUT2D eigenvalue weighted by Gasteiger charge is 2.35. The Bertz CT molecular complexity index is 664. The van der Waals surface area contributed by atoms with Crippen LogP contribution >= 0.6 is 11.6 Å². The Kier molecular flexibility index (Phi) is 3.81. The van der Waals surface area contributed by atoms with Crippen LogP contribution in [0.3, 0.4) is 0 Å². The van der Waals surface area contributed by atoms with E-state index in [0.717, 1.165) is 18.2 Å². The van der Waals surface area contributed by atoms with Crippen LogP contribution in [0.2, 0.25) is 0 Å². The highest BCUT2D eigenvalue weighted by atomic mass is 35.5. The predicted octanol–water partition coefficient (Wildman–Crippen LogP) is 4.89. The van der Waals surface area contributed by atoms with Crippen LogP contribution in [0.5, 0.6) is 0 Å². The first-order valence-corrected chi connectivity index (χ1v) is 5.84. The SMILES string of the molecule is O=C(Cl)c1ccc(-c2cccc(F)c2)cc1C(F)(F)F. The summed E-state index contributed by atoms with van der Waals surface area (Å²) in [5, 5.41) is -1.19. The van der Waals surface area contributed by atoms with Gasteiger partial charge in [-0.15, -0.1) is 0 Å². The van der Waals surface area contributed by atoms with Crippen LogP contribution in [0, 0.1) is 5.82 Å². The zero-order valence-corrected chi connectivity index (χ0v) is 10.6. The van der Waals surface area contributed by atoms with E-state index in [1.54, 1.807) is 0 Å². The van der Waals surface area contributed by atoms with Gasteiger partial charge in [-0.2, -0.15) is 13.2 Å². The molecule has 0 bridgehead atoms. The maximum atomic E-state index is 13.1. The van der Waals surface area contributed by atoms with Crippen molar-refractivity contribution in [2.45, 2.75) is 6.18 Å². The lowest BCUT2D eigenvalue weighted by molar-refractivity contribution is -0.137. The van der Waals surface area contributed by atoms with E-state index in [2.05, 4.69) is 0 Å². The molecule has 0 N–H and O–H groups in total. The van der Waals surface area contributed by atoms with E-state index >= 15 is 0 Å². The third-order valence-corrected chi connectivity index (χ3v) is 2.90. The molecule has 0 saturated carbocycles. The molecule has 0 saturated heterocycles. The number of carbonyl (C=O) groups is 1. The summed E-state index contributed by atoms with van der Waals surface area (Å²) in [5.41, 5.74) is -1.33. The van der Waals surface area contributed by atoms with Gasteiger partial charge < -0.3 is 0 Å². The minimum absolute atomic E-state index is 0.151. The van der Waals surface area contributed by atoms with E-state index in [0.29, 0.717) is 0 Å². The average Bonchev–Trinajstić information content (AvgIpc) is 2.37. The monoisotopic (exact) mass is 302 g/mol. The van der Waals surface area contributed by atoms with Gasteiger partial charge in [0.25, 0.3) is 5.24 Å². The maximum Gasteiger partial charge on any atom is 0.417 e. The molecule has 0 atom stereocenters. The van der Waals surface area contributed by atoms with Crippen LogP contribution in [-0.2, 0) is 6.18 Å². The van der Waals surface area contributed by atoms with Gasteiger partial charge in [-0.3, -0.25) is 4.79 Å². The zero-order chi connectivity index (χ0) is 14.9. The van der Waals surface area contributed by atoms with Gasteiger partial charge >= 0.3 is 6.18 Å². The number of alkyl halides is 3. The van der Waals surface area contributed by atoms with Crippen molar-refractivity contribution in [3.8, 4) is 11.1 Å². The molecule has 0 unspecified atom stereocenters. The van der Waals surface area contributed by atoms with Crippen molar-refractivity contribution in [2.75, 3.05) is 0 Å². The van der Waals surface area contributed by atoms with Crippen LogP contribution in [-0.4, -0.2) is 5.24 Å². The van der Waals surface area contributed by atoms with Crippen LogP contribution in [0.25, 0.3) is 11.1 Å². The molecule has 1 nitrogen and oxygen atoms in total. The number of hydrogen-bond acceptors (Lipinski definition) is 1. The van der Waals surface area contributed by atoms with Gasteiger partial charge in [-0.1, -0.05) is 18.2 Å². The first kappa shape index (κ1) is 14.5. The van der Waals surface area contributed by atoms with Crippen molar-refractivity contribution in [3.05, 3.63) is 59.4 Å². The molecule has 2 aromatic rings. The molecule has 6 heteroatoms. The van der Waals surface area contributed by atoms with Gasteiger partial charge in [-0.05, 0) is 47.0 Å². The molecule has 20 heavy (non-hydrogen) atoms. The molecule has 2 rings (SSSR count). The summed E-state index contributed by atoms with van der Waals surface area (Å²) < 4.78 is 51.8. The predicted molar refractivity (Wildman–Crippen MR) is 67.0 cm³/mol. The number of hydrogen-bond donors (Lipinski definition) is 0. The number of rotatable bonds is 2. The smallest absolute Gasteiger partial charge is 0.276 e. The molecule has 0 fully saturated rings. The lowest BCUT2D eigenvalue weighted by Gasteiger charge is -2.12. The third-order valence-electron chi connectivity index (χ3n) is 2.69. The van der Waals surface area contributed by atoms with Crippen LogP contribution in [0.4, 0.5) is 17.6 Å². The average molecular weight is 303 g/mol. The number of halogens is 5. The zero-order valence-electron chi connectivity index (χ0n) is 9.84. The largest absolute Gasteiger partial charge is 0.417 e. The Balaban J connectivity index is 2.61. The highest BCUT2D eigenvalue weighted by molar-refractivity contribution is 6.67. The minimum Gasteiger partial charge on any atom is -0.276 e. The molecule has 2 aromatic carbocycles.